The first kappa shape index (κ1) is 21.4. The highest BCUT2D eigenvalue weighted by molar-refractivity contribution is 6.54. The first-order valence-electron chi connectivity index (χ1n) is 8.28. The Labute approximate surface area is 151 Å². The molecule has 1 aliphatic heterocycles. The minimum absolute atomic E-state index is 0.133. The maximum absolute atomic E-state index is 11.7. The molecule has 1 fully saturated rings. The van der Waals surface area contributed by atoms with Crippen molar-refractivity contribution in [3.05, 3.63) is 23.5 Å². The third-order valence-corrected chi connectivity index (χ3v) is 4.59. The molecular formula is C18H30BNO5. The number of methoxy groups -OCH3 is 1. The highest BCUT2D eigenvalue weighted by Crippen LogP contribution is 2.38. The standard InChI is InChI=1S/C18H30BNO5/c1-13(19-24-17(4,5)18(6,7)25-19)10-11-14(20-8)23-12-16(2,3)15(21)22-9/h10-11H,8,12H2,1-7,9H3/b13-10+,14-11+. The molecule has 0 saturated carbocycles. The van der Waals surface area contributed by atoms with Gasteiger partial charge in [0.2, 0.25) is 5.88 Å². The molecule has 1 rings (SSSR count). The second-order valence-corrected chi connectivity index (χ2v) is 7.83. The van der Waals surface area contributed by atoms with Crippen LogP contribution in [0.2, 0.25) is 0 Å². The fraction of sp³-hybridized carbons (Fsp3) is 0.667. The zero-order chi connectivity index (χ0) is 19.5. The third kappa shape index (κ3) is 5.19. The monoisotopic (exact) mass is 351 g/mol. The molecule has 6 nitrogen and oxygen atoms in total. The highest BCUT2D eigenvalue weighted by Gasteiger charge is 2.51. The lowest BCUT2D eigenvalue weighted by Gasteiger charge is -2.32. The summed E-state index contributed by atoms with van der Waals surface area (Å²) in [7, 11) is 0.919. The zero-order valence-electron chi connectivity index (χ0n) is 16.6. The number of allylic oxidation sites excluding steroid dienone is 3. The molecule has 7 heteroatoms. The van der Waals surface area contributed by atoms with Gasteiger partial charge in [-0.15, -0.1) is 0 Å². The Kier molecular flexibility index (Phi) is 6.64. The Morgan fingerprint density at radius 2 is 1.72 bits per heavy atom. The number of hydrogen-bond acceptors (Lipinski definition) is 6. The molecule has 0 aromatic carbocycles. The number of rotatable bonds is 7. The van der Waals surface area contributed by atoms with E-state index in [1.807, 2.05) is 40.7 Å². The van der Waals surface area contributed by atoms with Crippen LogP contribution in [0.25, 0.3) is 0 Å². The molecule has 1 aliphatic rings. The van der Waals surface area contributed by atoms with Gasteiger partial charge in [0.25, 0.3) is 0 Å². The molecule has 0 bridgehead atoms. The van der Waals surface area contributed by atoms with E-state index in [1.54, 1.807) is 19.9 Å². The van der Waals surface area contributed by atoms with E-state index in [-0.39, 0.29) is 12.6 Å². The molecule has 0 atom stereocenters. The molecule has 0 unspecified atom stereocenters. The zero-order valence-corrected chi connectivity index (χ0v) is 16.6. The summed E-state index contributed by atoms with van der Waals surface area (Å²) in [5.74, 6) is -0.0345. The Hall–Kier alpha value is -1.60. The van der Waals surface area contributed by atoms with Gasteiger partial charge in [0, 0.05) is 0 Å². The molecule has 140 valence electrons. The van der Waals surface area contributed by atoms with E-state index in [0.717, 1.165) is 5.47 Å². The average molecular weight is 351 g/mol. The van der Waals surface area contributed by atoms with E-state index in [4.69, 9.17) is 18.8 Å². The van der Waals surface area contributed by atoms with E-state index in [1.165, 1.54) is 7.11 Å². The first-order valence-corrected chi connectivity index (χ1v) is 8.28. The predicted octanol–water partition coefficient (Wildman–Crippen LogP) is 3.32. The van der Waals surface area contributed by atoms with Crippen molar-refractivity contribution >= 4 is 19.8 Å². The predicted molar refractivity (Wildman–Crippen MR) is 99.2 cm³/mol. The van der Waals surface area contributed by atoms with Gasteiger partial charge < -0.3 is 18.8 Å². The average Bonchev–Trinajstić information content (AvgIpc) is 2.74. The van der Waals surface area contributed by atoms with E-state index in [2.05, 4.69) is 11.7 Å². The van der Waals surface area contributed by atoms with Crippen LogP contribution in [0.15, 0.2) is 28.5 Å². The van der Waals surface area contributed by atoms with Gasteiger partial charge in [-0.25, -0.2) is 4.99 Å². The molecule has 0 amide bonds. The van der Waals surface area contributed by atoms with Crippen molar-refractivity contribution in [1.82, 2.24) is 0 Å². The van der Waals surface area contributed by atoms with Crippen molar-refractivity contribution < 1.29 is 23.6 Å². The van der Waals surface area contributed by atoms with Gasteiger partial charge in [-0.05, 0) is 66.7 Å². The van der Waals surface area contributed by atoms with E-state index in [9.17, 15) is 4.79 Å². The van der Waals surface area contributed by atoms with Gasteiger partial charge in [-0.3, -0.25) is 4.79 Å². The molecule has 0 aromatic heterocycles. The second-order valence-electron chi connectivity index (χ2n) is 7.83. The lowest BCUT2D eigenvalue weighted by Crippen LogP contribution is -2.41. The molecule has 0 aliphatic carbocycles. The van der Waals surface area contributed by atoms with Crippen LogP contribution < -0.4 is 0 Å². The summed E-state index contributed by atoms with van der Waals surface area (Å²) in [5.41, 5.74) is -0.674. The maximum atomic E-state index is 11.7. The summed E-state index contributed by atoms with van der Waals surface area (Å²) in [4.78, 5) is 15.5. The number of hydrogen-bond donors (Lipinski definition) is 0. The van der Waals surface area contributed by atoms with Crippen molar-refractivity contribution in [2.75, 3.05) is 13.7 Å². The Morgan fingerprint density at radius 1 is 1.20 bits per heavy atom. The quantitative estimate of drug-likeness (QED) is 0.231. The van der Waals surface area contributed by atoms with Gasteiger partial charge in [0.15, 0.2) is 0 Å². The minimum atomic E-state index is -0.775. The summed E-state index contributed by atoms with van der Waals surface area (Å²) in [5, 5.41) is 0. The molecular weight excluding hydrogens is 321 g/mol. The summed E-state index contributed by atoms with van der Waals surface area (Å²) in [6, 6.07) is 0. The summed E-state index contributed by atoms with van der Waals surface area (Å²) >= 11 is 0. The number of carbonyl (C=O) groups excluding carboxylic acids is 1. The normalized spacial score (nSPS) is 20.4. The van der Waals surface area contributed by atoms with Gasteiger partial charge in [0.05, 0.1) is 23.7 Å². The van der Waals surface area contributed by atoms with Crippen LogP contribution in [0.5, 0.6) is 0 Å². The Balaban J connectivity index is 2.78. The van der Waals surface area contributed by atoms with Crippen LogP contribution in [-0.2, 0) is 23.6 Å². The third-order valence-electron chi connectivity index (χ3n) is 4.59. The number of ether oxygens (including phenoxy) is 2. The van der Waals surface area contributed by atoms with E-state index < -0.39 is 23.7 Å². The van der Waals surface area contributed by atoms with E-state index >= 15 is 0 Å². The summed E-state index contributed by atoms with van der Waals surface area (Å²) < 4.78 is 22.3. The molecule has 0 radical (unpaired) electrons. The lowest BCUT2D eigenvalue weighted by atomic mass is 9.79. The summed E-state index contributed by atoms with van der Waals surface area (Å²) in [6.07, 6.45) is 3.50. The number of nitrogens with zero attached hydrogens (tertiary/aromatic N) is 1. The molecule has 0 aromatic rings. The number of carbonyl (C=O) groups is 1. The summed E-state index contributed by atoms with van der Waals surface area (Å²) in [6.45, 7) is 17.0. The van der Waals surface area contributed by atoms with Crippen LogP contribution in [0, 0.1) is 5.41 Å². The first-order chi connectivity index (χ1) is 11.4. The highest BCUT2D eigenvalue weighted by atomic mass is 16.7. The molecule has 0 N–H and O–H groups in total. The van der Waals surface area contributed by atoms with Crippen molar-refractivity contribution in [2.24, 2.45) is 10.4 Å². The maximum Gasteiger partial charge on any atom is 0.490 e. The number of esters is 1. The van der Waals surface area contributed by atoms with Crippen LogP contribution in [-0.4, -0.2) is 44.7 Å². The van der Waals surface area contributed by atoms with E-state index in [0.29, 0.717) is 5.88 Å². The van der Waals surface area contributed by atoms with Gasteiger partial charge in [-0.2, -0.15) is 0 Å². The van der Waals surface area contributed by atoms with Crippen molar-refractivity contribution in [1.29, 1.82) is 0 Å². The van der Waals surface area contributed by atoms with Gasteiger partial charge in [-0.1, -0.05) is 6.08 Å². The Bertz CT molecular complexity index is 562. The topological polar surface area (TPSA) is 66.3 Å². The van der Waals surface area contributed by atoms with Crippen LogP contribution in [0.1, 0.15) is 48.5 Å². The van der Waals surface area contributed by atoms with Crippen LogP contribution in [0.4, 0.5) is 0 Å². The lowest BCUT2D eigenvalue weighted by molar-refractivity contribution is -0.153. The minimum Gasteiger partial charge on any atom is -0.476 e. The SMILES string of the molecule is C=N/C(=C\C=C(/C)B1OC(C)(C)C(C)(C)O1)OCC(C)(C)C(=O)OC. The fourth-order valence-electron chi connectivity index (χ4n) is 2.05. The largest absolute Gasteiger partial charge is 0.490 e. The molecule has 1 heterocycles. The number of aliphatic imine (C=N–C) groups is 1. The molecule has 25 heavy (non-hydrogen) atoms. The fourth-order valence-corrected chi connectivity index (χ4v) is 2.05. The Morgan fingerprint density at radius 3 is 2.16 bits per heavy atom. The smallest absolute Gasteiger partial charge is 0.476 e. The van der Waals surface area contributed by atoms with Crippen molar-refractivity contribution in [3.8, 4) is 0 Å². The molecule has 0 spiro atoms. The van der Waals surface area contributed by atoms with Gasteiger partial charge in [0.1, 0.15) is 6.61 Å². The second kappa shape index (κ2) is 7.75. The molecule has 1 saturated heterocycles. The van der Waals surface area contributed by atoms with Crippen molar-refractivity contribution in [3.63, 3.8) is 0 Å². The van der Waals surface area contributed by atoms with Gasteiger partial charge >= 0.3 is 13.1 Å². The van der Waals surface area contributed by atoms with Crippen molar-refractivity contribution in [2.45, 2.75) is 59.7 Å². The van der Waals surface area contributed by atoms with Crippen LogP contribution >= 0.6 is 0 Å². The van der Waals surface area contributed by atoms with Crippen LogP contribution in [0.3, 0.4) is 0 Å².